The molecular weight excluding hydrogens is 352 g/mol. The molecular formula is C22H30N4O2. The topological polar surface area (TPSA) is 67.4 Å². The molecule has 6 nitrogen and oxygen atoms in total. The maximum Gasteiger partial charge on any atom is 0.229 e. The SMILES string of the molecule is Cc1ccc([C@@H]2CN(C)C[C@H]2NC(=O)C(C)(C)COc2ncccc2C)cn1. The molecule has 1 fully saturated rings. The molecule has 0 unspecified atom stereocenters. The molecule has 1 aliphatic heterocycles. The summed E-state index contributed by atoms with van der Waals surface area (Å²) in [6.07, 6.45) is 3.63. The Balaban J connectivity index is 1.65. The molecule has 28 heavy (non-hydrogen) atoms. The number of aromatic nitrogens is 2. The van der Waals surface area contributed by atoms with Gasteiger partial charge in [0, 0.05) is 48.7 Å². The Bertz CT molecular complexity index is 820. The zero-order valence-corrected chi connectivity index (χ0v) is 17.4. The normalized spacial score (nSPS) is 20.2. The van der Waals surface area contributed by atoms with E-state index in [4.69, 9.17) is 4.74 Å². The van der Waals surface area contributed by atoms with Gasteiger partial charge in [0.1, 0.15) is 6.61 Å². The summed E-state index contributed by atoms with van der Waals surface area (Å²) in [4.78, 5) is 23.9. The first-order valence-electron chi connectivity index (χ1n) is 9.73. The maximum atomic E-state index is 13.0. The highest BCUT2D eigenvalue weighted by Gasteiger charge is 2.37. The van der Waals surface area contributed by atoms with E-state index in [1.54, 1.807) is 6.20 Å². The van der Waals surface area contributed by atoms with Gasteiger partial charge in [-0.05, 0) is 52.4 Å². The molecule has 150 valence electrons. The Morgan fingerprint density at radius 1 is 1.25 bits per heavy atom. The number of carbonyl (C=O) groups excluding carboxylic acids is 1. The van der Waals surface area contributed by atoms with Gasteiger partial charge in [0.15, 0.2) is 0 Å². The standard InChI is InChI=1S/C22H30N4O2/c1-15-7-6-10-23-20(15)28-14-22(3,4)21(27)25-19-13-26(5)12-18(19)17-9-8-16(2)24-11-17/h6-11,18-19H,12-14H2,1-5H3,(H,25,27)/t18-,19+/m0/s1. The summed E-state index contributed by atoms with van der Waals surface area (Å²) in [5, 5.41) is 3.25. The molecule has 0 saturated carbocycles. The molecule has 2 atom stereocenters. The summed E-state index contributed by atoms with van der Waals surface area (Å²) in [5.74, 6) is 0.802. The second-order valence-electron chi connectivity index (χ2n) is 8.44. The van der Waals surface area contributed by atoms with Gasteiger partial charge in [-0.15, -0.1) is 0 Å². The van der Waals surface area contributed by atoms with Crippen LogP contribution >= 0.6 is 0 Å². The molecule has 0 radical (unpaired) electrons. The molecule has 1 N–H and O–H groups in total. The number of amides is 1. The Kier molecular flexibility index (Phi) is 5.98. The van der Waals surface area contributed by atoms with E-state index in [-0.39, 0.29) is 24.5 Å². The minimum atomic E-state index is -0.665. The molecule has 1 saturated heterocycles. The van der Waals surface area contributed by atoms with Crippen LogP contribution in [0.15, 0.2) is 36.7 Å². The first kappa shape index (κ1) is 20.3. The number of aryl methyl sites for hydroxylation is 2. The van der Waals surface area contributed by atoms with Crippen molar-refractivity contribution < 1.29 is 9.53 Å². The molecule has 1 amide bonds. The van der Waals surface area contributed by atoms with Gasteiger partial charge in [0.05, 0.1) is 5.41 Å². The van der Waals surface area contributed by atoms with Crippen LogP contribution in [-0.2, 0) is 4.79 Å². The van der Waals surface area contributed by atoms with Crippen LogP contribution in [0.5, 0.6) is 5.88 Å². The fourth-order valence-electron chi connectivity index (χ4n) is 3.48. The molecule has 0 aliphatic carbocycles. The van der Waals surface area contributed by atoms with Crippen molar-refractivity contribution in [3.05, 3.63) is 53.5 Å². The number of hydrogen-bond donors (Lipinski definition) is 1. The van der Waals surface area contributed by atoms with E-state index in [1.165, 1.54) is 5.56 Å². The average molecular weight is 383 g/mol. The Morgan fingerprint density at radius 3 is 2.71 bits per heavy atom. The number of pyridine rings is 2. The van der Waals surface area contributed by atoms with E-state index in [0.717, 1.165) is 24.3 Å². The van der Waals surface area contributed by atoms with E-state index in [1.807, 2.05) is 52.1 Å². The molecule has 3 heterocycles. The summed E-state index contributed by atoms with van der Waals surface area (Å²) >= 11 is 0. The van der Waals surface area contributed by atoms with Gasteiger partial charge in [-0.2, -0.15) is 0 Å². The van der Waals surface area contributed by atoms with Crippen molar-refractivity contribution in [1.29, 1.82) is 0 Å². The number of likely N-dealkylation sites (N-methyl/N-ethyl adjacent to an activating group) is 1. The van der Waals surface area contributed by atoms with Crippen molar-refractivity contribution >= 4 is 5.91 Å². The predicted molar refractivity (Wildman–Crippen MR) is 109 cm³/mol. The Hall–Kier alpha value is -2.47. The first-order valence-corrected chi connectivity index (χ1v) is 9.73. The molecule has 3 rings (SSSR count). The van der Waals surface area contributed by atoms with Crippen LogP contribution in [0.2, 0.25) is 0 Å². The molecule has 0 bridgehead atoms. The van der Waals surface area contributed by atoms with Crippen LogP contribution in [0, 0.1) is 19.3 Å². The van der Waals surface area contributed by atoms with Crippen LogP contribution < -0.4 is 10.1 Å². The van der Waals surface area contributed by atoms with Crippen molar-refractivity contribution in [1.82, 2.24) is 20.2 Å². The molecule has 0 spiro atoms. The summed E-state index contributed by atoms with van der Waals surface area (Å²) < 4.78 is 5.84. The van der Waals surface area contributed by atoms with Gasteiger partial charge >= 0.3 is 0 Å². The monoisotopic (exact) mass is 382 g/mol. The van der Waals surface area contributed by atoms with Gasteiger partial charge in [-0.25, -0.2) is 4.98 Å². The van der Waals surface area contributed by atoms with Crippen LogP contribution in [0.25, 0.3) is 0 Å². The van der Waals surface area contributed by atoms with Crippen LogP contribution in [-0.4, -0.2) is 53.6 Å². The lowest BCUT2D eigenvalue weighted by Gasteiger charge is -2.28. The average Bonchev–Trinajstić information content (AvgIpc) is 3.02. The summed E-state index contributed by atoms with van der Waals surface area (Å²) in [5.41, 5.74) is 2.46. The molecule has 1 aliphatic rings. The summed E-state index contributed by atoms with van der Waals surface area (Å²) in [6, 6.07) is 8.02. The van der Waals surface area contributed by atoms with Gasteiger partial charge in [-0.1, -0.05) is 12.1 Å². The van der Waals surface area contributed by atoms with Crippen molar-refractivity contribution in [2.24, 2.45) is 5.41 Å². The third kappa shape index (κ3) is 4.68. The zero-order chi connectivity index (χ0) is 20.3. The number of ether oxygens (including phenoxy) is 1. The molecule has 2 aromatic rings. The maximum absolute atomic E-state index is 13.0. The number of likely N-dealkylation sites (tertiary alicyclic amines) is 1. The Morgan fingerprint density at radius 2 is 2.04 bits per heavy atom. The van der Waals surface area contributed by atoms with Crippen molar-refractivity contribution in [3.8, 4) is 5.88 Å². The van der Waals surface area contributed by atoms with Crippen LogP contribution in [0.3, 0.4) is 0 Å². The lowest BCUT2D eigenvalue weighted by atomic mass is 9.90. The Labute approximate surface area is 167 Å². The van der Waals surface area contributed by atoms with E-state index in [0.29, 0.717) is 5.88 Å². The quantitative estimate of drug-likeness (QED) is 0.832. The largest absolute Gasteiger partial charge is 0.476 e. The van der Waals surface area contributed by atoms with Gasteiger partial charge < -0.3 is 15.0 Å². The second kappa shape index (κ2) is 8.27. The highest BCUT2D eigenvalue weighted by atomic mass is 16.5. The fraction of sp³-hybridized carbons (Fsp3) is 0.500. The second-order valence-corrected chi connectivity index (χ2v) is 8.44. The number of carbonyl (C=O) groups is 1. The highest BCUT2D eigenvalue weighted by Crippen LogP contribution is 2.28. The van der Waals surface area contributed by atoms with Crippen molar-refractivity contribution in [2.45, 2.75) is 39.7 Å². The number of hydrogen-bond acceptors (Lipinski definition) is 5. The summed E-state index contributed by atoms with van der Waals surface area (Å²) in [7, 11) is 2.08. The lowest BCUT2D eigenvalue weighted by Crippen LogP contribution is -2.48. The molecule has 2 aromatic heterocycles. The third-order valence-corrected chi connectivity index (χ3v) is 5.33. The number of rotatable bonds is 6. The smallest absolute Gasteiger partial charge is 0.229 e. The number of nitrogens with zero attached hydrogens (tertiary/aromatic N) is 3. The number of nitrogens with one attached hydrogen (secondary N) is 1. The van der Waals surface area contributed by atoms with Crippen molar-refractivity contribution in [3.63, 3.8) is 0 Å². The molecule has 0 aromatic carbocycles. The third-order valence-electron chi connectivity index (χ3n) is 5.33. The zero-order valence-electron chi connectivity index (χ0n) is 17.4. The highest BCUT2D eigenvalue weighted by molar-refractivity contribution is 5.82. The minimum Gasteiger partial charge on any atom is -0.476 e. The van der Waals surface area contributed by atoms with Gasteiger partial charge in [-0.3, -0.25) is 9.78 Å². The minimum absolute atomic E-state index is 0.00791. The van der Waals surface area contributed by atoms with Gasteiger partial charge in [0.2, 0.25) is 11.8 Å². The van der Waals surface area contributed by atoms with Gasteiger partial charge in [0.25, 0.3) is 0 Å². The van der Waals surface area contributed by atoms with E-state index >= 15 is 0 Å². The van der Waals surface area contributed by atoms with E-state index in [2.05, 4.69) is 33.3 Å². The molecule has 6 heteroatoms. The first-order chi connectivity index (χ1) is 13.3. The van der Waals surface area contributed by atoms with E-state index < -0.39 is 5.41 Å². The van der Waals surface area contributed by atoms with Crippen LogP contribution in [0.4, 0.5) is 0 Å². The predicted octanol–water partition coefficient (Wildman–Crippen LogP) is 2.71. The van der Waals surface area contributed by atoms with E-state index in [9.17, 15) is 4.79 Å². The van der Waals surface area contributed by atoms with Crippen LogP contribution in [0.1, 0.15) is 36.6 Å². The fourth-order valence-corrected chi connectivity index (χ4v) is 3.48. The lowest BCUT2D eigenvalue weighted by molar-refractivity contribution is -0.131. The van der Waals surface area contributed by atoms with Crippen molar-refractivity contribution in [2.75, 3.05) is 26.7 Å². The summed E-state index contributed by atoms with van der Waals surface area (Å²) in [6.45, 7) is 9.74.